The van der Waals surface area contributed by atoms with Crippen LogP contribution in [-0.4, -0.2) is 80.2 Å². The zero-order chi connectivity index (χ0) is 24.9. The summed E-state index contributed by atoms with van der Waals surface area (Å²) < 4.78 is 4.36. The molecule has 0 unspecified atom stereocenters. The van der Waals surface area contributed by atoms with E-state index in [1.807, 2.05) is 44.2 Å². The van der Waals surface area contributed by atoms with Crippen molar-refractivity contribution in [3.05, 3.63) is 66.6 Å². The van der Waals surface area contributed by atoms with Gasteiger partial charge in [0.1, 0.15) is 6.04 Å². The SMILES string of the molecule is C=CCN(C)C(=O)[C@H]1N(C(=O)[C@@H](O)[C@H](Cc2ccccc2)NC(=O)c2ccno2)CSC1(C)C. The van der Waals surface area contributed by atoms with Gasteiger partial charge in [-0.3, -0.25) is 14.4 Å². The number of likely N-dealkylation sites (N-methyl/N-ethyl adjacent to an activating group) is 1. The largest absolute Gasteiger partial charge is 0.381 e. The Kier molecular flexibility index (Phi) is 8.16. The smallest absolute Gasteiger partial charge is 0.290 e. The van der Waals surface area contributed by atoms with Crippen LogP contribution >= 0.6 is 11.8 Å². The number of benzene rings is 1. The van der Waals surface area contributed by atoms with Crippen molar-refractivity contribution in [2.75, 3.05) is 19.5 Å². The van der Waals surface area contributed by atoms with E-state index in [4.69, 9.17) is 4.52 Å². The van der Waals surface area contributed by atoms with Gasteiger partial charge in [-0.15, -0.1) is 18.3 Å². The van der Waals surface area contributed by atoms with E-state index in [0.29, 0.717) is 6.54 Å². The van der Waals surface area contributed by atoms with E-state index < -0.39 is 34.7 Å². The van der Waals surface area contributed by atoms with E-state index in [1.165, 1.54) is 33.8 Å². The molecule has 0 saturated carbocycles. The summed E-state index contributed by atoms with van der Waals surface area (Å²) in [6.45, 7) is 7.80. The lowest BCUT2D eigenvalue weighted by molar-refractivity contribution is -0.150. The third-order valence-corrected chi connectivity index (χ3v) is 7.13. The average molecular weight is 487 g/mol. The Morgan fingerprint density at radius 1 is 1.35 bits per heavy atom. The predicted octanol–water partition coefficient (Wildman–Crippen LogP) is 1.70. The number of aliphatic hydroxyl groups excluding tert-OH is 1. The monoisotopic (exact) mass is 486 g/mol. The Morgan fingerprint density at radius 2 is 2.06 bits per heavy atom. The Hall–Kier alpha value is -3.11. The molecular weight excluding hydrogens is 456 g/mol. The van der Waals surface area contributed by atoms with E-state index in [2.05, 4.69) is 17.1 Å². The van der Waals surface area contributed by atoms with E-state index >= 15 is 0 Å². The molecule has 1 aromatic heterocycles. The normalized spacial score (nSPS) is 18.7. The van der Waals surface area contributed by atoms with Crippen LogP contribution in [-0.2, 0) is 16.0 Å². The Bertz CT molecular complexity index is 1010. The lowest BCUT2D eigenvalue weighted by Gasteiger charge is -2.35. The molecular formula is C24H30N4O5S. The zero-order valence-corrected chi connectivity index (χ0v) is 20.3. The van der Waals surface area contributed by atoms with Crippen molar-refractivity contribution < 1.29 is 24.0 Å². The van der Waals surface area contributed by atoms with Crippen LogP contribution in [0.3, 0.4) is 0 Å². The van der Waals surface area contributed by atoms with Crippen LogP contribution in [0.2, 0.25) is 0 Å². The Morgan fingerprint density at radius 3 is 2.68 bits per heavy atom. The van der Waals surface area contributed by atoms with E-state index in [9.17, 15) is 19.5 Å². The summed E-state index contributed by atoms with van der Waals surface area (Å²) in [6, 6.07) is 8.88. The highest BCUT2D eigenvalue weighted by Crippen LogP contribution is 2.40. The number of nitrogens with one attached hydrogen (secondary N) is 1. The van der Waals surface area contributed by atoms with Crippen molar-refractivity contribution >= 4 is 29.5 Å². The molecule has 1 saturated heterocycles. The highest BCUT2D eigenvalue weighted by molar-refractivity contribution is 8.00. The van der Waals surface area contributed by atoms with Gasteiger partial charge in [-0.25, -0.2) is 0 Å². The van der Waals surface area contributed by atoms with Crippen molar-refractivity contribution in [3.63, 3.8) is 0 Å². The molecule has 3 rings (SSSR count). The van der Waals surface area contributed by atoms with Crippen LogP contribution in [0.4, 0.5) is 0 Å². The summed E-state index contributed by atoms with van der Waals surface area (Å²) in [5.74, 6) is -1.24. The van der Waals surface area contributed by atoms with Crippen molar-refractivity contribution in [1.29, 1.82) is 0 Å². The minimum Gasteiger partial charge on any atom is -0.381 e. The van der Waals surface area contributed by atoms with Gasteiger partial charge in [-0.1, -0.05) is 41.6 Å². The quantitative estimate of drug-likeness (QED) is 0.518. The molecule has 9 nitrogen and oxygen atoms in total. The van der Waals surface area contributed by atoms with Gasteiger partial charge in [0.15, 0.2) is 6.10 Å². The predicted molar refractivity (Wildman–Crippen MR) is 129 cm³/mol. The van der Waals surface area contributed by atoms with Crippen molar-refractivity contribution in [2.24, 2.45) is 0 Å². The summed E-state index contributed by atoms with van der Waals surface area (Å²) in [6.07, 6.45) is 1.57. The van der Waals surface area contributed by atoms with Crippen molar-refractivity contribution in [1.82, 2.24) is 20.3 Å². The summed E-state index contributed by atoms with van der Waals surface area (Å²) in [4.78, 5) is 42.2. The second-order valence-corrected chi connectivity index (χ2v) is 10.3. The number of aromatic nitrogens is 1. The van der Waals surface area contributed by atoms with Crippen LogP contribution in [0.25, 0.3) is 0 Å². The molecule has 1 aliphatic rings. The standard InChI is InChI=1S/C24H30N4O5S/c1-5-13-27(4)23(32)20-24(2,3)34-15-28(20)22(31)19(29)17(14-16-9-7-6-8-10-16)26-21(30)18-11-12-25-33-18/h5-12,17,19-20,29H,1,13-15H2,2-4H3,(H,26,30)/t17-,19-,20+/m0/s1. The molecule has 0 spiro atoms. The number of hydrogen-bond donors (Lipinski definition) is 2. The number of rotatable bonds is 9. The third kappa shape index (κ3) is 5.68. The molecule has 3 atom stereocenters. The number of nitrogens with zero attached hydrogens (tertiary/aromatic N) is 3. The molecule has 1 aliphatic heterocycles. The first kappa shape index (κ1) is 25.5. The fourth-order valence-electron chi connectivity index (χ4n) is 3.90. The van der Waals surface area contributed by atoms with Gasteiger partial charge in [0.2, 0.25) is 11.7 Å². The minimum atomic E-state index is -1.58. The number of thioether (sulfide) groups is 1. The second kappa shape index (κ2) is 10.9. The van der Waals surface area contributed by atoms with Crippen molar-refractivity contribution in [2.45, 2.75) is 43.2 Å². The summed E-state index contributed by atoms with van der Waals surface area (Å²) in [5, 5.41) is 17.4. The van der Waals surface area contributed by atoms with Gasteiger partial charge in [0.05, 0.1) is 18.1 Å². The number of carbonyl (C=O) groups is 3. The molecule has 34 heavy (non-hydrogen) atoms. The molecule has 0 aliphatic carbocycles. The highest BCUT2D eigenvalue weighted by atomic mass is 32.2. The Labute approximate surface area is 203 Å². The number of hydrogen-bond acceptors (Lipinski definition) is 7. The fourth-order valence-corrected chi connectivity index (χ4v) is 5.04. The van der Waals surface area contributed by atoms with Gasteiger partial charge >= 0.3 is 0 Å². The van der Waals surface area contributed by atoms with Crippen LogP contribution in [0, 0.1) is 0 Å². The maximum Gasteiger partial charge on any atom is 0.290 e. The number of amides is 3. The van der Waals surface area contributed by atoms with Gasteiger partial charge in [-0.05, 0) is 25.8 Å². The first-order valence-corrected chi connectivity index (χ1v) is 11.9. The minimum absolute atomic E-state index is 0.0327. The molecule has 2 N–H and O–H groups in total. The zero-order valence-electron chi connectivity index (χ0n) is 19.5. The van der Waals surface area contributed by atoms with Gasteiger partial charge in [-0.2, -0.15) is 0 Å². The maximum absolute atomic E-state index is 13.5. The molecule has 0 bridgehead atoms. The molecule has 0 radical (unpaired) electrons. The molecule has 10 heteroatoms. The molecule has 2 aromatic rings. The topological polar surface area (TPSA) is 116 Å². The van der Waals surface area contributed by atoms with E-state index in [1.54, 1.807) is 13.1 Å². The van der Waals surface area contributed by atoms with Crippen LogP contribution in [0.5, 0.6) is 0 Å². The van der Waals surface area contributed by atoms with E-state index in [-0.39, 0.29) is 24.0 Å². The van der Waals surface area contributed by atoms with Gasteiger partial charge in [0.25, 0.3) is 11.8 Å². The molecule has 2 heterocycles. The van der Waals surface area contributed by atoms with Crippen LogP contribution < -0.4 is 5.32 Å². The van der Waals surface area contributed by atoms with Crippen LogP contribution in [0.15, 0.2) is 59.8 Å². The first-order chi connectivity index (χ1) is 16.2. The first-order valence-electron chi connectivity index (χ1n) is 10.9. The van der Waals surface area contributed by atoms with E-state index in [0.717, 1.165) is 5.56 Å². The molecule has 182 valence electrons. The Balaban J connectivity index is 1.85. The lowest BCUT2D eigenvalue weighted by Crippen LogP contribution is -2.58. The highest BCUT2D eigenvalue weighted by Gasteiger charge is 2.50. The van der Waals surface area contributed by atoms with Gasteiger partial charge in [0, 0.05) is 24.4 Å². The number of aliphatic hydroxyl groups is 1. The average Bonchev–Trinajstić information content (AvgIpc) is 3.46. The summed E-state index contributed by atoms with van der Waals surface area (Å²) in [7, 11) is 1.65. The van der Waals surface area contributed by atoms with Crippen molar-refractivity contribution in [3.8, 4) is 0 Å². The third-order valence-electron chi connectivity index (χ3n) is 5.75. The molecule has 3 amide bonds. The second-order valence-electron chi connectivity index (χ2n) is 8.69. The fraction of sp³-hybridized carbons (Fsp3) is 0.417. The number of carbonyl (C=O) groups excluding carboxylic acids is 3. The molecule has 1 fully saturated rings. The summed E-state index contributed by atoms with van der Waals surface area (Å²) in [5.41, 5.74) is 0.826. The maximum atomic E-state index is 13.5. The lowest BCUT2D eigenvalue weighted by atomic mass is 9.97. The summed E-state index contributed by atoms with van der Waals surface area (Å²) >= 11 is 1.46. The van der Waals surface area contributed by atoms with Gasteiger partial charge < -0.3 is 24.7 Å². The van der Waals surface area contributed by atoms with Crippen LogP contribution in [0.1, 0.15) is 30.0 Å². The molecule has 1 aromatic carbocycles.